The summed E-state index contributed by atoms with van der Waals surface area (Å²) in [5.74, 6) is -0.407. The Labute approximate surface area is 173 Å². The van der Waals surface area contributed by atoms with Crippen molar-refractivity contribution in [1.29, 1.82) is 0 Å². The minimum atomic E-state index is -0.407. The largest absolute Gasteiger partial charge is 0.360 e. The van der Waals surface area contributed by atoms with E-state index in [2.05, 4.69) is 45.1 Å². The van der Waals surface area contributed by atoms with E-state index in [4.69, 9.17) is 5.73 Å². The van der Waals surface area contributed by atoms with E-state index in [-0.39, 0.29) is 0 Å². The summed E-state index contributed by atoms with van der Waals surface area (Å²) in [7, 11) is 0. The number of nitrogens with zero attached hydrogens (tertiary/aromatic N) is 2. The SMILES string of the molecule is NC(=O)c1cccc[n+]1Cc1ccc(CN2CCNCCNCCNCC2)cc1. The number of amides is 1. The Hall–Kier alpha value is -2.32. The first-order valence-corrected chi connectivity index (χ1v) is 10.4. The molecule has 5 N–H and O–H groups in total. The highest BCUT2D eigenvalue weighted by molar-refractivity contribution is 5.89. The average molecular weight is 398 g/mol. The molecular weight excluding hydrogens is 364 g/mol. The highest BCUT2D eigenvalue weighted by Gasteiger charge is 2.15. The van der Waals surface area contributed by atoms with E-state index >= 15 is 0 Å². The fraction of sp³-hybridized carbons (Fsp3) is 0.455. The minimum absolute atomic E-state index is 0.407. The molecule has 0 atom stereocenters. The van der Waals surface area contributed by atoms with Crippen molar-refractivity contribution in [3.05, 3.63) is 65.5 Å². The number of carbonyl (C=O) groups excluding carboxylic acids is 1. The monoisotopic (exact) mass is 397 g/mol. The third-order valence-corrected chi connectivity index (χ3v) is 5.14. The summed E-state index contributed by atoms with van der Waals surface area (Å²) in [5, 5.41) is 10.4. The lowest BCUT2D eigenvalue weighted by Gasteiger charge is -2.24. The number of aromatic nitrogens is 1. The van der Waals surface area contributed by atoms with E-state index in [1.54, 1.807) is 6.07 Å². The van der Waals surface area contributed by atoms with Crippen LogP contribution in [-0.2, 0) is 13.1 Å². The maximum Gasteiger partial charge on any atom is 0.313 e. The van der Waals surface area contributed by atoms with Gasteiger partial charge in [-0.1, -0.05) is 24.3 Å². The van der Waals surface area contributed by atoms with Gasteiger partial charge in [0.25, 0.3) is 5.69 Å². The number of rotatable bonds is 5. The summed E-state index contributed by atoms with van der Waals surface area (Å²) in [6.07, 6.45) is 1.89. The average Bonchev–Trinajstić information content (AvgIpc) is 2.72. The number of hydrogen-bond acceptors (Lipinski definition) is 5. The minimum Gasteiger partial charge on any atom is -0.360 e. The van der Waals surface area contributed by atoms with Crippen molar-refractivity contribution in [1.82, 2.24) is 20.9 Å². The third kappa shape index (κ3) is 7.21. The van der Waals surface area contributed by atoms with Gasteiger partial charge in [-0.25, -0.2) is 0 Å². The Morgan fingerprint density at radius 3 is 2.07 bits per heavy atom. The molecule has 29 heavy (non-hydrogen) atoms. The van der Waals surface area contributed by atoms with Crippen LogP contribution >= 0.6 is 0 Å². The first-order valence-electron chi connectivity index (χ1n) is 10.4. The number of primary amides is 1. The Bertz CT molecular complexity index is 752. The zero-order valence-corrected chi connectivity index (χ0v) is 17.1. The Balaban J connectivity index is 1.58. The lowest BCUT2D eigenvalue weighted by atomic mass is 10.1. The van der Waals surface area contributed by atoms with Crippen LogP contribution in [0.15, 0.2) is 48.7 Å². The van der Waals surface area contributed by atoms with E-state index in [1.807, 2.05) is 22.9 Å². The van der Waals surface area contributed by atoms with Crippen LogP contribution < -0.4 is 26.3 Å². The Morgan fingerprint density at radius 2 is 1.45 bits per heavy atom. The molecular formula is C22H33N6O+. The number of pyridine rings is 1. The number of nitrogens with one attached hydrogen (secondary N) is 3. The topological polar surface area (TPSA) is 86.3 Å². The number of benzene rings is 1. The molecule has 0 saturated carbocycles. The first-order chi connectivity index (χ1) is 14.2. The van der Waals surface area contributed by atoms with Crippen LogP contribution in [0.5, 0.6) is 0 Å². The maximum atomic E-state index is 11.6. The zero-order valence-electron chi connectivity index (χ0n) is 17.1. The van der Waals surface area contributed by atoms with Crippen LogP contribution in [0, 0.1) is 0 Å². The Morgan fingerprint density at radius 1 is 0.862 bits per heavy atom. The highest BCUT2D eigenvalue weighted by Crippen LogP contribution is 2.08. The van der Waals surface area contributed by atoms with Gasteiger partial charge in [0.05, 0.1) is 0 Å². The molecule has 7 heteroatoms. The van der Waals surface area contributed by atoms with Crippen molar-refractivity contribution in [2.24, 2.45) is 5.73 Å². The van der Waals surface area contributed by atoms with Crippen LogP contribution in [0.1, 0.15) is 21.6 Å². The third-order valence-electron chi connectivity index (χ3n) is 5.14. The molecule has 2 aromatic rings. The predicted octanol–water partition coefficient (Wildman–Crippen LogP) is -0.294. The summed E-state index contributed by atoms with van der Waals surface area (Å²) in [4.78, 5) is 14.1. The zero-order chi connectivity index (χ0) is 20.3. The van der Waals surface area contributed by atoms with Crippen LogP contribution in [-0.4, -0.2) is 63.2 Å². The summed E-state index contributed by atoms with van der Waals surface area (Å²) in [6.45, 7) is 9.68. The van der Waals surface area contributed by atoms with Crippen molar-refractivity contribution >= 4 is 5.91 Å². The van der Waals surface area contributed by atoms with Crippen LogP contribution in [0.4, 0.5) is 0 Å². The van der Waals surface area contributed by atoms with E-state index in [0.717, 1.165) is 64.5 Å². The van der Waals surface area contributed by atoms with Crippen molar-refractivity contribution < 1.29 is 9.36 Å². The highest BCUT2D eigenvalue weighted by atomic mass is 16.1. The van der Waals surface area contributed by atoms with Gasteiger partial charge in [-0.15, -0.1) is 0 Å². The van der Waals surface area contributed by atoms with Gasteiger partial charge in [0.2, 0.25) is 0 Å². The molecule has 0 radical (unpaired) electrons. The molecule has 0 spiro atoms. The normalized spacial score (nSPS) is 17.2. The maximum absolute atomic E-state index is 11.6. The Kier molecular flexibility index (Phi) is 8.58. The van der Waals surface area contributed by atoms with Gasteiger partial charge in [0.1, 0.15) is 0 Å². The van der Waals surface area contributed by atoms with E-state index < -0.39 is 5.91 Å². The number of nitrogens with two attached hydrogens (primary N) is 1. The van der Waals surface area contributed by atoms with Gasteiger partial charge in [-0.05, 0) is 11.6 Å². The lowest BCUT2D eigenvalue weighted by Crippen LogP contribution is -2.42. The molecule has 0 bridgehead atoms. The predicted molar refractivity (Wildman–Crippen MR) is 115 cm³/mol. The second-order valence-electron chi connectivity index (χ2n) is 7.42. The molecule has 1 amide bonds. The standard InChI is InChI=1S/C22H32N6O/c23-22(29)21-3-1-2-14-28(21)18-20-6-4-19(5-7-20)17-27-15-12-25-10-8-24-9-11-26-13-16-27/h1-7,14,24-26H,8-13,15-18H2,(H-,23,29)/p+1. The van der Waals surface area contributed by atoms with E-state index in [0.29, 0.717) is 12.2 Å². The van der Waals surface area contributed by atoms with Crippen LogP contribution in [0.2, 0.25) is 0 Å². The van der Waals surface area contributed by atoms with Crippen molar-refractivity contribution in [3.8, 4) is 0 Å². The summed E-state index contributed by atoms with van der Waals surface area (Å²) < 4.78 is 1.89. The summed E-state index contributed by atoms with van der Waals surface area (Å²) >= 11 is 0. The van der Waals surface area contributed by atoms with Crippen molar-refractivity contribution in [2.45, 2.75) is 13.1 Å². The smallest absolute Gasteiger partial charge is 0.313 e. The molecule has 156 valence electrons. The molecule has 1 aromatic carbocycles. The fourth-order valence-corrected chi connectivity index (χ4v) is 3.52. The summed E-state index contributed by atoms with van der Waals surface area (Å²) in [5.41, 5.74) is 8.45. The molecule has 3 rings (SSSR count). The molecule has 7 nitrogen and oxygen atoms in total. The second kappa shape index (κ2) is 11.6. The van der Waals surface area contributed by atoms with Gasteiger partial charge in [0, 0.05) is 76.6 Å². The van der Waals surface area contributed by atoms with Gasteiger partial charge in [0.15, 0.2) is 12.7 Å². The quantitative estimate of drug-likeness (QED) is 0.521. The van der Waals surface area contributed by atoms with Gasteiger partial charge in [-0.2, -0.15) is 4.57 Å². The first kappa shape index (κ1) is 21.4. The fourth-order valence-electron chi connectivity index (χ4n) is 3.52. The van der Waals surface area contributed by atoms with E-state index in [9.17, 15) is 4.79 Å². The molecule has 1 aliphatic heterocycles. The number of hydrogen-bond donors (Lipinski definition) is 4. The molecule has 1 fully saturated rings. The van der Waals surface area contributed by atoms with Crippen LogP contribution in [0.25, 0.3) is 0 Å². The molecule has 0 unspecified atom stereocenters. The van der Waals surface area contributed by atoms with E-state index in [1.165, 1.54) is 5.56 Å². The molecule has 1 aliphatic rings. The molecule has 0 aliphatic carbocycles. The van der Waals surface area contributed by atoms with Crippen molar-refractivity contribution in [3.63, 3.8) is 0 Å². The second-order valence-corrected chi connectivity index (χ2v) is 7.42. The molecule has 2 heterocycles. The number of carbonyl (C=O) groups is 1. The molecule has 1 aromatic heterocycles. The van der Waals surface area contributed by atoms with Crippen LogP contribution in [0.3, 0.4) is 0 Å². The van der Waals surface area contributed by atoms with Gasteiger partial charge >= 0.3 is 5.91 Å². The lowest BCUT2D eigenvalue weighted by molar-refractivity contribution is -0.690. The van der Waals surface area contributed by atoms with Gasteiger partial charge in [-0.3, -0.25) is 9.69 Å². The molecule has 1 saturated heterocycles. The van der Waals surface area contributed by atoms with Crippen molar-refractivity contribution in [2.75, 3.05) is 52.4 Å². The van der Waals surface area contributed by atoms with Gasteiger partial charge < -0.3 is 21.7 Å². The summed E-state index contributed by atoms with van der Waals surface area (Å²) in [6, 6.07) is 14.1.